The molecule has 2 heterocycles. The van der Waals surface area contributed by atoms with E-state index in [2.05, 4.69) is 10.6 Å². The normalized spacial score (nSPS) is 28.2. The average Bonchev–Trinajstić information content (AvgIpc) is 2.42. The molecular weight excluding hydrogens is 164 g/mol. The summed E-state index contributed by atoms with van der Waals surface area (Å²) < 4.78 is 0. The molecule has 0 atom stereocenters. The second kappa shape index (κ2) is 3.66. The number of carbonyl (C=O) groups excluding carboxylic acids is 1. The van der Waals surface area contributed by atoms with Gasteiger partial charge in [-0.2, -0.15) is 0 Å². The topological polar surface area (TPSA) is 41.1 Å². The average molecular weight is 182 g/mol. The van der Waals surface area contributed by atoms with Gasteiger partial charge in [-0.1, -0.05) is 0 Å². The first-order valence-electron chi connectivity index (χ1n) is 5.28. The Morgan fingerprint density at radius 1 is 1.15 bits per heavy atom. The largest absolute Gasteiger partial charge is 0.356 e. The molecule has 0 aromatic carbocycles. The smallest absolute Gasteiger partial charge is 0.220 e. The highest BCUT2D eigenvalue weighted by atomic mass is 16.1. The highest BCUT2D eigenvalue weighted by Crippen LogP contribution is 2.36. The van der Waals surface area contributed by atoms with Crippen molar-refractivity contribution >= 4 is 5.91 Å². The van der Waals surface area contributed by atoms with Crippen LogP contribution in [0.4, 0.5) is 0 Å². The molecule has 0 aromatic rings. The highest BCUT2D eigenvalue weighted by molar-refractivity contribution is 5.79. The molecule has 3 nitrogen and oxygen atoms in total. The minimum atomic E-state index is 0.258. The molecule has 2 rings (SSSR count). The van der Waals surface area contributed by atoms with E-state index in [1.165, 1.54) is 25.7 Å². The van der Waals surface area contributed by atoms with Gasteiger partial charge in [-0.3, -0.25) is 4.79 Å². The Bertz CT molecular complexity index is 195. The standard InChI is InChI=1S/C10H18N2O/c13-9-7-10(8-12-9)3-1-5-11-6-2-4-10/h11H,1-8H2,(H,12,13). The van der Waals surface area contributed by atoms with Gasteiger partial charge in [0.2, 0.25) is 5.91 Å². The van der Waals surface area contributed by atoms with Crippen molar-refractivity contribution in [3.8, 4) is 0 Å². The van der Waals surface area contributed by atoms with E-state index in [0.717, 1.165) is 26.1 Å². The third-order valence-electron chi connectivity index (χ3n) is 3.32. The molecule has 74 valence electrons. The summed E-state index contributed by atoms with van der Waals surface area (Å²) in [6, 6.07) is 0. The van der Waals surface area contributed by atoms with Crippen LogP contribution in [0.2, 0.25) is 0 Å². The lowest BCUT2D eigenvalue weighted by Crippen LogP contribution is -2.30. The van der Waals surface area contributed by atoms with E-state index in [-0.39, 0.29) is 5.91 Å². The van der Waals surface area contributed by atoms with Gasteiger partial charge >= 0.3 is 0 Å². The fourth-order valence-corrected chi connectivity index (χ4v) is 2.53. The Labute approximate surface area is 79.3 Å². The summed E-state index contributed by atoms with van der Waals surface area (Å²) in [4.78, 5) is 11.2. The van der Waals surface area contributed by atoms with E-state index < -0.39 is 0 Å². The molecule has 0 aliphatic carbocycles. The fourth-order valence-electron chi connectivity index (χ4n) is 2.53. The lowest BCUT2D eigenvalue weighted by Gasteiger charge is -2.29. The van der Waals surface area contributed by atoms with Crippen molar-refractivity contribution in [1.29, 1.82) is 0 Å². The first kappa shape index (κ1) is 9.00. The minimum Gasteiger partial charge on any atom is -0.356 e. The number of hydrogen-bond donors (Lipinski definition) is 2. The van der Waals surface area contributed by atoms with Crippen LogP contribution in [0.1, 0.15) is 32.1 Å². The van der Waals surface area contributed by atoms with Crippen LogP contribution in [-0.4, -0.2) is 25.5 Å². The van der Waals surface area contributed by atoms with Crippen molar-refractivity contribution in [2.45, 2.75) is 32.1 Å². The quantitative estimate of drug-likeness (QED) is 0.577. The molecule has 2 saturated heterocycles. The van der Waals surface area contributed by atoms with Crippen molar-refractivity contribution in [3.05, 3.63) is 0 Å². The molecule has 0 unspecified atom stereocenters. The summed E-state index contributed by atoms with van der Waals surface area (Å²) in [6.45, 7) is 3.16. The third-order valence-corrected chi connectivity index (χ3v) is 3.32. The SMILES string of the molecule is O=C1CC2(CCCNCCC2)CN1. The van der Waals surface area contributed by atoms with Crippen molar-refractivity contribution in [1.82, 2.24) is 10.6 Å². The van der Waals surface area contributed by atoms with Crippen LogP contribution in [-0.2, 0) is 4.79 Å². The minimum absolute atomic E-state index is 0.258. The van der Waals surface area contributed by atoms with Gasteiger partial charge in [0.05, 0.1) is 0 Å². The molecule has 0 saturated carbocycles. The predicted octanol–water partition coefficient (Wildman–Crippen LogP) is 0.656. The lowest BCUT2D eigenvalue weighted by atomic mass is 9.77. The number of carbonyl (C=O) groups is 1. The summed E-state index contributed by atoms with van der Waals surface area (Å²) in [5.74, 6) is 0.258. The van der Waals surface area contributed by atoms with E-state index in [0.29, 0.717) is 5.41 Å². The molecule has 0 bridgehead atoms. The van der Waals surface area contributed by atoms with Crippen molar-refractivity contribution in [2.75, 3.05) is 19.6 Å². The molecule has 2 aliphatic heterocycles. The highest BCUT2D eigenvalue weighted by Gasteiger charge is 2.37. The van der Waals surface area contributed by atoms with Crippen molar-refractivity contribution < 1.29 is 4.79 Å². The number of nitrogens with one attached hydrogen (secondary N) is 2. The fraction of sp³-hybridized carbons (Fsp3) is 0.900. The Hall–Kier alpha value is -0.570. The Morgan fingerprint density at radius 2 is 1.85 bits per heavy atom. The van der Waals surface area contributed by atoms with E-state index in [1.54, 1.807) is 0 Å². The van der Waals surface area contributed by atoms with Gasteiger partial charge in [-0.15, -0.1) is 0 Å². The molecular formula is C10H18N2O. The van der Waals surface area contributed by atoms with E-state index in [1.807, 2.05) is 0 Å². The Kier molecular flexibility index (Phi) is 2.54. The third kappa shape index (κ3) is 2.02. The monoisotopic (exact) mass is 182 g/mol. The first-order valence-corrected chi connectivity index (χ1v) is 5.28. The number of rotatable bonds is 0. The maximum absolute atomic E-state index is 11.2. The second-order valence-corrected chi connectivity index (χ2v) is 4.41. The zero-order valence-electron chi connectivity index (χ0n) is 8.07. The summed E-state index contributed by atoms with van der Waals surface area (Å²) in [5.41, 5.74) is 0.319. The van der Waals surface area contributed by atoms with Crippen molar-refractivity contribution in [3.63, 3.8) is 0 Å². The van der Waals surface area contributed by atoms with Crippen LogP contribution < -0.4 is 10.6 Å². The first-order chi connectivity index (χ1) is 6.31. The molecule has 2 fully saturated rings. The predicted molar refractivity (Wildman–Crippen MR) is 51.4 cm³/mol. The summed E-state index contributed by atoms with van der Waals surface area (Å²) in [6.07, 6.45) is 5.62. The van der Waals surface area contributed by atoms with Crippen LogP contribution in [0.3, 0.4) is 0 Å². The summed E-state index contributed by atoms with van der Waals surface area (Å²) >= 11 is 0. The molecule has 2 aliphatic rings. The van der Waals surface area contributed by atoms with Crippen molar-refractivity contribution in [2.24, 2.45) is 5.41 Å². The zero-order chi connectivity index (χ0) is 9.15. The Balaban J connectivity index is 1.97. The van der Waals surface area contributed by atoms with Gasteiger partial charge in [-0.25, -0.2) is 0 Å². The molecule has 3 heteroatoms. The molecule has 0 aromatic heterocycles. The zero-order valence-corrected chi connectivity index (χ0v) is 8.07. The maximum Gasteiger partial charge on any atom is 0.220 e. The van der Waals surface area contributed by atoms with Gasteiger partial charge in [0, 0.05) is 13.0 Å². The van der Waals surface area contributed by atoms with Gasteiger partial charge in [0.25, 0.3) is 0 Å². The number of hydrogen-bond acceptors (Lipinski definition) is 2. The van der Waals surface area contributed by atoms with Crippen LogP contribution in [0.5, 0.6) is 0 Å². The molecule has 1 spiro atoms. The molecule has 0 radical (unpaired) electrons. The van der Waals surface area contributed by atoms with E-state index in [9.17, 15) is 4.79 Å². The Morgan fingerprint density at radius 3 is 2.38 bits per heavy atom. The van der Waals surface area contributed by atoms with Gasteiger partial charge in [-0.05, 0) is 44.2 Å². The maximum atomic E-state index is 11.2. The van der Waals surface area contributed by atoms with Gasteiger partial charge < -0.3 is 10.6 Å². The van der Waals surface area contributed by atoms with E-state index >= 15 is 0 Å². The van der Waals surface area contributed by atoms with E-state index in [4.69, 9.17) is 0 Å². The van der Waals surface area contributed by atoms with Gasteiger partial charge in [0.15, 0.2) is 0 Å². The van der Waals surface area contributed by atoms with Crippen LogP contribution in [0.25, 0.3) is 0 Å². The second-order valence-electron chi connectivity index (χ2n) is 4.41. The van der Waals surface area contributed by atoms with Crippen LogP contribution >= 0.6 is 0 Å². The molecule has 1 amide bonds. The molecule has 2 N–H and O–H groups in total. The van der Waals surface area contributed by atoms with Crippen LogP contribution in [0, 0.1) is 5.41 Å². The molecule has 13 heavy (non-hydrogen) atoms. The summed E-state index contributed by atoms with van der Waals surface area (Å²) in [5, 5.41) is 6.37. The van der Waals surface area contributed by atoms with Gasteiger partial charge in [0.1, 0.15) is 0 Å². The lowest BCUT2D eigenvalue weighted by molar-refractivity contribution is -0.119. The summed E-state index contributed by atoms with van der Waals surface area (Å²) in [7, 11) is 0. The van der Waals surface area contributed by atoms with Crippen LogP contribution in [0.15, 0.2) is 0 Å². The number of amides is 1.